The van der Waals surface area contributed by atoms with Gasteiger partial charge in [0.15, 0.2) is 0 Å². The van der Waals surface area contributed by atoms with E-state index in [4.69, 9.17) is 0 Å². The molecule has 0 aliphatic heterocycles. The van der Waals surface area contributed by atoms with E-state index in [1.807, 2.05) is 6.33 Å². The number of hydrogen-bond donors (Lipinski definition) is 0. The van der Waals surface area contributed by atoms with Crippen LogP contribution in [0.25, 0.3) is 0 Å². The van der Waals surface area contributed by atoms with Crippen molar-refractivity contribution in [2.45, 2.75) is 78.2 Å². The van der Waals surface area contributed by atoms with Crippen molar-refractivity contribution in [2.24, 2.45) is 0 Å². The van der Waals surface area contributed by atoms with Gasteiger partial charge in [-0.1, -0.05) is 47.0 Å². The lowest BCUT2D eigenvalue weighted by Gasteiger charge is -2.28. The molecule has 1 atom stereocenters. The van der Waals surface area contributed by atoms with Crippen molar-refractivity contribution in [3.63, 3.8) is 0 Å². The predicted molar refractivity (Wildman–Crippen MR) is 74.4 cm³/mol. The highest BCUT2D eigenvalue weighted by molar-refractivity contribution is 5.13. The number of nitrogens with zero attached hydrogens (tertiary/aromatic N) is 2. The van der Waals surface area contributed by atoms with Crippen molar-refractivity contribution in [2.75, 3.05) is 0 Å². The number of rotatable bonds is 7. The van der Waals surface area contributed by atoms with Crippen molar-refractivity contribution in [3.8, 4) is 0 Å². The fraction of sp³-hybridized carbons (Fsp3) is 0.800. The molecule has 0 aliphatic rings. The normalized spacial score (nSPS) is 13.9. The maximum Gasteiger partial charge on any atom is 0.0950 e. The van der Waals surface area contributed by atoms with E-state index in [-0.39, 0.29) is 5.41 Å². The van der Waals surface area contributed by atoms with Crippen LogP contribution in [-0.2, 0) is 5.41 Å². The Labute approximate surface area is 106 Å². The zero-order chi connectivity index (χ0) is 12.9. The minimum absolute atomic E-state index is 0.245. The van der Waals surface area contributed by atoms with Gasteiger partial charge in [-0.15, -0.1) is 0 Å². The average molecular weight is 236 g/mol. The first-order valence-electron chi connectivity index (χ1n) is 7.05. The Balaban J connectivity index is 2.79. The zero-order valence-electron chi connectivity index (χ0n) is 12.2. The monoisotopic (exact) mass is 236 g/mol. The van der Waals surface area contributed by atoms with Crippen LogP contribution >= 0.6 is 0 Å². The van der Waals surface area contributed by atoms with Gasteiger partial charge in [0, 0.05) is 23.3 Å². The van der Waals surface area contributed by atoms with E-state index in [1.54, 1.807) is 0 Å². The molecule has 0 N–H and O–H groups in total. The minimum atomic E-state index is 0.245. The van der Waals surface area contributed by atoms with Gasteiger partial charge in [0.2, 0.25) is 0 Å². The third-order valence-corrected chi connectivity index (χ3v) is 3.83. The Bertz CT molecular complexity index is 325. The molecule has 0 bridgehead atoms. The fourth-order valence-electron chi connectivity index (χ4n) is 2.32. The summed E-state index contributed by atoms with van der Waals surface area (Å²) in [6.45, 7) is 11.5. The molecule has 0 aromatic carbocycles. The molecule has 17 heavy (non-hydrogen) atoms. The third-order valence-electron chi connectivity index (χ3n) is 3.83. The van der Waals surface area contributed by atoms with Gasteiger partial charge in [0.05, 0.1) is 6.33 Å². The van der Waals surface area contributed by atoms with Crippen LogP contribution in [0.3, 0.4) is 0 Å². The van der Waals surface area contributed by atoms with Gasteiger partial charge >= 0.3 is 0 Å². The standard InChI is InChI=1S/C15H28N2/c1-6-8-9-10-15(4,5)14-11-16-12-17(14)13(3)7-2/h11-13H,6-10H2,1-5H3. The second kappa shape index (κ2) is 6.23. The van der Waals surface area contributed by atoms with E-state index >= 15 is 0 Å². The van der Waals surface area contributed by atoms with Crippen molar-refractivity contribution in [1.29, 1.82) is 0 Å². The zero-order valence-corrected chi connectivity index (χ0v) is 12.2. The van der Waals surface area contributed by atoms with E-state index < -0.39 is 0 Å². The lowest BCUT2D eigenvalue weighted by atomic mass is 9.83. The summed E-state index contributed by atoms with van der Waals surface area (Å²) in [7, 11) is 0. The first kappa shape index (κ1) is 14.3. The highest BCUT2D eigenvalue weighted by Crippen LogP contribution is 2.31. The molecular formula is C15H28N2. The van der Waals surface area contributed by atoms with Crippen LogP contribution in [-0.4, -0.2) is 9.55 Å². The minimum Gasteiger partial charge on any atom is -0.331 e. The molecule has 98 valence electrons. The largest absolute Gasteiger partial charge is 0.331 e. The van der Waals surface area contributed by atoms with E-state index in [0.717, 1.165) is 6.42 Å². The molecule has 0 saturated heterocycles. The van der Waals surface area contributed by atoms with Crippen LogP contribution in [0.1, 0.15) is 78.5 Å². The number of imidazole rings is 1. The first-order valence-corrected chi connectivity index (χ1v) is 7.05. The predicted octanol–water partition coefficient (Wildman–Crippen LogP) is 4.71. The quantitative estimate of drug-likeness (QED) is 0.627. The lowest BCUT2D eigenvalue weighted by Crippen LogP contribution is -2.23. The maximum absolute atomic E-state index is 4.35. The van der Waals surface area contributed by atoms with Gasteiger partial charge in [-0.3, -0.25) is 0 Å². The Hall–Kier alpha value is -0.790. The van der Waals surface area contributed by atoms with Gasteiger partial charge in [-0.2, -0.15) is 0 Å². The molecule has 1 aromatic heterocycles. The topological polar surface area (TPSA) is 17.8 Å². The molecule has 1 heterocycles. The van der Waals surface area contributed by atoms with Gasteiger partial charge in [-0.05, 0) is 19.8 Å². The maximum atomic E-state index is 4.35. The molecule has 0 fully saturated rings. The second-order valence-electron chi connectivity index (χ2n) is 5.78. The molecule has 0 radical (unpaired) electrons. The second-order valence-corrected chi connectivity index (χ2v) is 5.78. The summed E-state index contributed by atoms with van der Waals surface area (Å²) in [6.07, 6.45) is 10.4. The van der Waals surface area contributed by atoms with Gasteiger partial charge in [-0.25, -0.2) is 4.98 Å². The highest BCUT2D eigenvalue weighted by Gasteiger charge is 2.25. The summed E-state index contributed by atoms with van der Waals surface area (Å²) >= 11 is 0. The summed E-state index contributed by atoms with van der Waals surface area (Å²) in [6, 6.07) is 0.554. The smallest absolute Gasteiger partial charge is 0.0950 e. The van der Waals surface area contributed by atoms with Crippen LogP contribution in [0.4, 0.5) is 0 Å². The van der Waals surface area contributed by atoms with E-state index in [2.05, 4.69) is 50.4 Å². The molecule has 0 spiro atoms. The molecule has 1 rings (SSSR count). The van der Waals surface area contributed by atoms with E-state index in [0.29, 0.717) is 6.04 Å². The van der Waals surface area contributed by atoms with Crippen LogP contribution in [0.2, 0.25) is 0 Å². The Morgan fingerprint density at radius 3 is 2.59 bits per heavy atom. The molecule has 2 heteroatoms. The molecule has 0 saturated carbocycles. The SMILES string of the molecule is CCCCCC(C)(C)c1cncn1C(C)CC. The van der Waals surface area contributed by atoms with Gasteiger partial charge in [0.25, 0.3) is 0 Å². The number of hydrogen-bond acceptors (Lipinski definition) is 1. The van der Waals surface area contributed by atoms with Crippen LogP contribution in [0.15, 0.2) is 12.5 Å². The number of aromatic nitrogens is 2. The first-order chi connectivity index (χ1) is 8.03. The molecule has 0 aliphatic carbocycles. The van der Waals surface area contributed by atoms with Crippen molar-refractivity contribution in [1.82, 2.24) is 9.55 Å². The summed E-state index contributed by atoms with van der Waals surface area (Å²) in [5.74, 6) is 0. The molecule has 1 unspecified atom stereocenters. The molecule has 2 nitrogen and oxygen atoms in total. The summed E-state index contributed by atoms with van der Waals surface area (Å²) in [4.78, 5) is 4.35. The van der Waals surface area contributed by atoms with Crippen LogP contribution in [0, 0.1) is 0 Å². The van der Waals surface area contributed by atoms with Crippen molar-refractivity contribution < 1.29 is 0 Å². The third kappa shape index (κ3) is 3.58. The van der Waals surface area contributed by atoms with E-state index in [9.17, 15) is 0 Å². The van der Waals surface area contributed by atoms with Crippen molar-refractivity contribution in [3.05, 3.63) is 18.2 Å². The van der Waals surface area contributed by atoms with E-state index in [1.165, 1.54) is 31.4 Å². The Morgan fingerprint density at radius 1 is 1.29 bits per heavy atom. The number of unbranched alkanes of at least 4 members (excludes halogenated alkanes) is 2. The highest BCUT2D eigenvalue weighted by atomic mass is 15.1. The lowest BCUT2D eigenvalue weighted by molar-refractivity contribution is 0.396. The van der Waals surface area contributed by atoms with Gasteiger partial charge in [0.1, 0.15) is 0 Å². The Kier molecular flexibility index (Phi) is 5.23. The fourth-order valence-corrected chi connectivity index (χ4v) is 2.32. The summed E-state index contributed by atoms with van der Waals surface area (Å²) < 4.78 is 2.35. The molecule has 1 aromatic rings. The molecule has 0 amide bonds. The Morgan fingerprint density at radius 2 is 2.00 bits per heavy atom. The van der Waals surface area contributed by atoms with Crippen LogP contribution in [0.5, 0.6) is 0 Å². The summed E-state index contributed by atoms with van der Waals surface area (Å²) in [5, 5.41) is 0. The summed E-state index contributed by atoms with van der Waals surface area (Å²) in [5.41, 5.74) is 1.64. The van der Waals surface area contributed by atoms with Gasteiger partial charge < -0.3 is 4.57 Å². The van der Waals surface area contributed by atoms with Crippen molar-refractivity contribution >= 4 is 0 Å². The molecular weight excluding hydrogens is 208 g/mol. The average Bonchev–Trinajstić information content (AvgIpc) is 2.78. The van der Waals surface area contributed by atoms with Crippen LogP contribution < -0.4 is 0 Å².